The van der Waals surface area contributed by atoms with Crippen molar-refractivity contribution in [1.29, 1.82) is 0 Å². The van der Waals surface area contributed by atoms with Crippen molar-refractivity contribution in [3.05, 3.63) is 81.5 Å². The van der Waals surface area contributed by atoms with Crippen LogP contribution in [0.25, 0.3) is 17.4 Å². The molecule has 0 unspecified atom stereocenters. The molecule has 172 valence electrons. The Labute approximate surface area is 210 Å². The zero-order valence-electron chi connectivity index (χ0n) is 17.9. The summed E-state index contributed by atoms with van der Waals surface area (Å²) in [6.45, 7) is 0. The van der Waals surface area contributed by atoms with E-state index in [1.54, 1.807) is 42.5 Å². The van der Waals surface area contributed by atoms with Crippen LogP contribution in [-0.4, -0.2) is 42.0 Å². The maximum atomic E-state index is 13.3. The van der Waals surface area contributed by atoms with Gasteiger partial charge in [0.15, 0.2) is 5.11 Å². The van der Waals surface area contributed by atoms with E-state index in [9.17, 15) is 14.4 Å². The van der Waals surface area contributed by atoms with Crippen LogP contribution in [0.4, 0.5) is 5.69 Å². The fourth-order valence-corrected chi connectivity index (χ4v) is 3.88. The average molecular weight is 515 g/mol. The van der Waals surface area contributed by atoms with E-state index in [1.807, 2.05) is 0 Å². The first-order valence-electron chi connectivity index (χ1n) is 9.83. The second-order valence-electron chi connectivity index (χ2n) is 7.21. The van der Waals surface area contributed by atoms with Crippen LogP contribution in [0.5, 0.6) is 0 Å². The monoisotopic (exact) mass is 514 g/mol. The van der Waals surface area contributed by atoms with Gasteiger partial charge in [0.25, 0.3) is 11.8 Å². The molecule has 0 N–H and O–H groups in total. The molecular weight excluding hydrogens is 499 g/mol. The van der Waals surface area contributed by atoms with Crippen LogP contribution in [0.15, 0.2) is 64.6 Å². The van der Waals surface area contributed by atoms with E-state index in [0.29, 0.717) is 38.4 Å². The molecule has 10 heteroatoms. The third kappa shape index (κ3) is 4.35. The summed E-state index contributed by atoms with van der Waals surface area (Å²) in [5.74, 6) is -0.917. The SMILES string of the molecule is COC(=O)c1ccc(N2C(=O)/C(=C/c3ccc(-c4ccc(Cl)c(Cl)c4)o3)C(=O)N(C)C2=S)cc1. The minimum atomic E-state index is -0.619. The van der Waals surface area contributed by atoms with Gasteiger partial charge in [-0.25, -0.2) is 4.79 Å². The number of carbonyl (C=O) groups excluding carboxylic acids is 3. The maximum absolute atomic E-state index is 13.3. The van der Waals surface area contributed by atoms with E-state index >= 15 is 0 Å². The molecule has 0 spiro atoms. The Hall–Kier alpha value is -3.46. The number of carbonyl (C=O) groups is 3. The van der Waals surface area contributed by atoms with Gasteiger partial charge in [-0.05, 0) is 72.9 Å². The van der Waals surface area contributed by atoms with Crippen molar-refractivity contribution in [2.75, 3.05) is 19.1 Å². The van der Waals surface area contributed by atoms with Gasteiger partial charge in [-0.2, -0.15) is 0 Å². The second kappa shape index (κ2) is 9.42. The fraction of sp³-hybridized carbons (Fsp3) is 0.0833. The summed E-state index contributed by atoms with van der Waals surface area (Å²) in [6, 6.07) is 14.5. The number of likely N-dealkylation sites (N-methyl/N-ethyl adjacent to an activating group) is 1. The van der Waals surface area contributed by atoms with Gasteiger partial charge in [0, 0.05) is 12.6 Å². The molecule has 1 aliphatic heterocycles. The van der Waals surface area contributed by atoms with Crippen LogP contribution in [0.3, 0.4) is 0 Å². The van der Waals surface area contributed by atoms with Crippen molar-refractivity contribution < 1.29 is 23.5 Å². The van der Waals surface area contributed by atoms with Gasteiger partial charge in [-0.15, -0.1) is 0 Å². The van der Waals surface area contributed by atoms with Crippen LogP contribution in [0.1, 0.15) is 16.1 Å². The summed E-state index contributed by atoms with van der Waals surface area (Å²) < 4.78 is 10.5. The smallest absolute Gasteiger partial charge is 0.337 e. The number of amides is 2. The highest BCUT2D eigenvalue weighted by atomic mass is 35.5. The minimum absolute atomic E-state index is 0.00825. The first-order valence-corrected chi connectivity index (χ1v) is 11.0. The summed E-state index contributed by atoms with van der Waals surface area (Å²) in [5.41, 5.74) is 1.25. The lowest BCUT2D eigenvalue weighted by Gasteiger charge is -2.34. The van der Waals surface area contributed by atoms with Crippen molar-refractivity contribution in [3.63, 3.8) is 0 Å². The van der Waals surface area contributed by atoms with Gasteiger partial charge < -0.3 is 9.15 Å². The van der Waals surface area contributed by atoms with Gasteiger partial charge in [0.2, 0.25) is 0 Å². The van der Waals surface area contributed by atoms with E-state index in [2.05, 4.69) is 0 Å². The zero-order valence-corrected chi connectivity index (χ0v) is 20.2. The molecule has 2 amide bonds. The number of nitrogens with zero attached hydrogens (tertiary/aromatic N) is 2. The molecule has 3 aromatic rings. The van der Waals surface area contributed by atoms with E-state index in [1.165, 1.54) is 42.2 Å². The van der Waals surface area contributed by atoms with Gasteiger partial charge in [-0.3, -0.25) is 19.4 Å². The van der Waals surface area contributed by atoms with Gasteiger partial charge in [-0.1, -0.05) is 23.2 Å². The minimum Gasteiger partial charge on any atom is -0.465 e. The van der Waals surface area contributed by atoms with Gasteiger partial charge in [0.05, 0.1) is 28.4 Å². The Morgan fingerprint density at radius 1 is 1.00 bits per heavy atom. The number of methoxy groups -OCH3 is 1. The van der Waals surface area contributed by atoms with Crippen molar-refractivity contribution >= 4 is 70.1 Å². The highest BCUT2D eigenvalue weighted by Gasteiger charge is 2.38. The number of ether oxygens (including phenoxy) is 1. The number of anilines is 1. The molecule has 1 aliphatic rings. The molecule has 7 nitrogen and oxygen atoms in total. The molecule has 1 aromatic heterocycles. The Bertz CT molecular complexity index is 1360. The highest BCUT2D eigenvalue weighted by molar-refractivity contribution is 7.80. The quantitative estimate of drug-likeness (QED) is 0.205. The van der Waals surface area contributed by atoms with E-state index in [0.717, 1.165) is 0 Å². The molecule has 1 fully saturated rings. The molecule has 2 aromatic carbocycles. The number of rotatable bonds is 4. The van der Waals surface area contributed by atoms with Crippen LogP contribution < -0.4 is 4.90 Å². The summed E-state index contributed by atoms with van der Waals surface area (Å²) >= 11 is 17.4. The number of hydrogen-bond acceptors (Lipinski definition) is 6. The summed E-state index contributed by atoms with van der Waals surface area (Å²) in [7, 11) is 2.75. The third-order valence-electron chi connectivity index (χ3n) is 5.11. The Morgan fingerprint density at radius 2 is 1.71 bits per heavy atom. The van der Waals surface area contributed by atoms with Crippen molar-refractivity contribution in [1.82, 2.24) is 4.90 Å². The Morgan fingerprint density at radius 3 is 2.35 bits per heavy atom. The first kappa shape index (κ1) is 23.7. The predicted molar refractivity (Wildman–Crippen MR) is 133 cm³/mol. The Kier molecular flexibility index (Phi) is 6.56. The lowest BCUT2D eigenvalue weighted by atomic mass is 10.1. The number of halogens is 2. The molecule has 0 radical (unpaired) electrons. The van der Waals surface area contributed by atoms with Crippen LogP contribution in [0, 0.1) is 0 Å². The fourth-order valence-electron chi connectivity index (χ4n) is 3.31. The summed E-state index contributed by atoms with van der Waals surface area (Å²) in [4.78, 5) is 40.3. The summed E-state index contributed by atoms with van der Waals surface area (Å²) in [5, 5.41) is 0.794. The molecule has 0 atom stereocenters. The molecule has 0 saturated carbocycles. The van der Waals surface area contributed by atoms with Crippen molar-refractivity contribution in [2.45, 2.75) is 0 Å². The number of esters is 1. The average Bonchev–Trinajstić information content (AvgIpc) is 3.31. The normalized spacial score (nSPS) is 15.3. The zero-order chi connectivity index (χ0) is 24.6. The topological polar surface area (TPSA) is 80.1 Å². The second-order valence-corrected chi connectivity index (χ2v) is 8.39. The van der Waals surface area contributed by atoms with Crippen LogP contribution in [-0.2, 0) is 14.3 Å². The molecule has 34 heavy (non-hydrogen) atoms. The molecular formula is C24H16Cl2N2O5S. The van der Waals surface area contributed by atoms with Crippen molar-refractivity contribution in [2.24, 2.45) is 0 Å². The van der Waals surface area contributed by atoms with E-state index < -0.39 is 17.8 Å². The van der Waals surface area contributed by atoms with Crippen LogP contribution >= 0.6 is 35.4 Å². The predicted octanol–water partition coefficient (Wildman–Crippen LogP) is 5.21. The van der Waals surface area contributed by atoms with Gasteiger partial charge in [0.1, 0.15) is 17.1 Å². The van der Waals surface area contributed by atoms with E-state index in [4.69, 9.17) is 44.6 Å². The molecule has 0 aliphatic carbocycles. The molecule has 2 heterocycles. The van der Waals surface area contributed by atoms with E-state index in [-0.39, 0.29) is 10.7 Å². The summed E-state index contributed by atoms with van der Waals surface area (Å²) in [6.07, 6.45) is 1.36. The lowest BCUT2D eigenvalue weighted by molar-refractivity contribution is -0.127. The first-order chi connectivity index (χ1) is 16.2. The maximum Gasteiger partial charge on any atom is 0.337 e. The highest BCUT2D eigenvalue weighted by Crippen LogP contribution is 2.31. The molecule has 0 bridgehead atoms. The third-order valence-corrected chi connectivity index (χ3v) is 6.31. The number of hydrogen-bond donors (Lipinski definition) is 0. The van der Waals surface area contributed by atoms with Gasteiger partial charge >= 0.3 is 5.97 Å². The van der Waals surface area contributed by atoms with Crippen LogP contribution in [0.2, 0.25) is 10.0 Å². The lowest BCUT2D eigenvalue weighted by Crippen LogP contribution is -2.54. The number of benzene rings is 2. The van der Waals surface area contributed by atoms with Crippen molar-refractivity contribution in [3.8, 4) is 11.3 Å². The molecule has 1 saturated heterocycles. The number of thiocarbonyl (C=S) groups is 1. The Balaban J connectivity index is 1.68. The standard InChI is InChI=1S/C24H16Cl2N2O5S/c1-27-21(29)17(12-16-8-10-20(33-16)14-5-9-18(25)19(26)11-14)22(30)28(24(27)34)15-6-3-13(4-7-15)23(31)32-2/h3-12H,1-2H3/b17-12+. The molecule has 4 rings (SSSR count). The number of furan rings is 1. The largest absolute Gasteiger partial charge is 0.465 e.